The zero-order chi connectivity index (χ0) is 24.1. The summed E-state index contributed by atoms with van der Waals surface area (Å²) in [5, 5.41) is 14.3. The molecule has 1 aliphatic carbocycles. The lowest BCUT2D eigenvalue weighted by Crippen LogP contribution is -2.49. The van der Waals surface area contributed by atoms with Gasteiger partial charge in [0.1, 0.15) is 12.6 Å². The van der Waals surface area contributed by atoms with E-state index in [1.54, 1.807) is 18.3 Å². The van der Waals surface area contributed by atoms with Gasteiger partial charge in [0.2, 0.25) is 5.91 Å². The summed E-state index contributed by atoms with van der Waals surface area (Å²) in [6.07, 6.45) is 1.23. The zero-order valence-electron chi connectivity index (χ0n) is 18.8. The Kier molecular flexibility index (Phi) is 6.96. The first-order valence-corrected chi connectivity index (χ1v) is 11.2. The van der Waals surface area contributed by atoms with Crippen molar-refractivity contribution in [2.75, 3.05) is 13.2 Å². The number of aromatic nitrogens is 1. The van der Waals surface area contributed by atoms with Crippen molar-refractivity contribution in [3.8, 4) is 11.1 Å². The molecule has 2 atom stereocenters. The molecule has 4 rings (SSSR count). The number of benzene rings is 2. The van der Waals surface area contributed by atoms with Gasteiger partial charge in [-0.05, 0) is 34.4 Å². The standard InChI is InChI=1S/C26H27N3O5/c1-16(25(31)32)14-28-24(30)23(13-17-7-6-12-27-17)29-26(33)34-15-22-20-10-4-2-8-18(20)19-9-3-5-11-21(19)22/h2-12,16,22-23,27H,13-15H2,1H3,(H,28,30)(H,29,33)(H,31,32). The van der Waals surface area contributed by atoms with Gasteiger partial charge in [-0.3, -0.25) is 9.59 Å². The number of alkyl carbamates (subject to hydrolysis) is 1. The van der Waals surface area contributed by atoms with E-state index < -0.39 is 29.9 Å². The number of hydrogen-bond acceptors (Lipinski definition) is 4. The van der Waals surface area contributed by atoms with Gasteiger partial charge in [0.15, 0.2) is 0 Å². The van der Waals surface area contributed by atoms with Crippen molar-refractivity contribution in [3.05, 3.63) is 83.7 Å². The van der Waals surface area contributed by atoms with Crippen LogP contribution in [0.1, 0.15) is 29.7 Å². The summed E-state index contributed by atoms with van der Waals surface area (Å²) >= 11 is 0. The van der Waals surface area contributed by atoms with Gasteiger partial charge in [0.25, 0.3) is 0 Å². The Balaban J connectivity index is 1.42. The molecular weight excluding hydrogens is 434 g/mol. The average molecular weight is 462 g/mol. The minimum absolute atomic E-state index is 0.0399. The van der Waals surface area contributed by atoms with Gasteiger partial charge in [-0.1, -0.05) is 55.5 Å². The Labute approximate surface area is 197 Å². The number of carboxylic acid groups (broad SMARTS) is 1. The summed E-state index contributed by atoms with van der Waals surface area (Å²) in [5.74, 6) is -2.32. The molecule has 4 N–H and O–H groups in total. The minimum atomic E-state index is -1.01. The minimum Gasteiger partial charge on any atom is -0.481 e. The van der Waals surface area contributed by atoms with Crippen molar-refractivity contribution in [2.45, 2.75) is 25.3 Å². The molecule has 3 aromatic rings. The lowest BCUT2D eigenvalue weighted by atomic mass is 9.98. The third kappa shape index (κ3) is 5.11. The van der Waals surface area contributed by atoms with Crippen LogP contribution in [0.5, 0.6) is 0 Å². The SMILES string of the molecule is CC(CNC(=O)C(Cc1ccc[nH]1)NC(=O)OCC1c2ccccc2-c2ccccc21)C(=O)O. The molecule has 176 valence electrons. The zero-order valence-corrected chi connectivity index (χ0v) is 18.8. The fourth-order valence-electron chi connectivity index (χ4n) is 4.17. The molecule has 1 heterocycles. The summed E-state index contributed by atoms with van der Waals surface area (Å²) < 4.78 is 5.57. The number of aromatic amines is 1. The smallest absolute Gasteiger partial charge is 0.407 e. The van der Waals surface area contributed by atoms with E-state index in [0.29, 0.717) is 0 Å². The number of hydrogen-bond donors (Lipinski definition) is 4. The third-order valence-corrected chi connectivity index (χ3v) is 6.04. The van der Waals surface area contributed by atoms with E-state index in [1.807, 2.05) is 36.4 Å². The molecule has 8 heteroatoms. The molecule has 2 unspecified atom stereocenters. The molecule has 0 saturated heterocycles. The van der Waals surface area contributed by atoms with Crippen LogP contribution in [0.25, 0.3) is 11.1 Å². The molecule has 0 radical (unpaired) electrons. The first-order chi connectivity index (χ1) is 16.4. The fraction of sp³-hybridized carbons (Fsp3) is 0.269. The van der Waals surface area contributed by atoms with E-state index >= 15 is 0 Å². The van der Waals surface area contributed by atoms with Gasteiger partial charge in [-0.15, -0.1) is 0 Å². The van der Waals surface area contributed by atoms with E-state index in [-0.39, 0.29) is 25.5 Å². The van der Waals surface area contributed by atoms with Gasteiger partial charge in [0.05, 0.1) is 5.92 Å². The number of H-pyrrole nitrogens is 1. The predicted octanol–water partition coefficient (Wildman–Crippen LogP) is 3.30. The topological polar surface area (TPSA) is 121 Å². The maximum atomic E-state index is 12.7. The Morgan fingerprint density at radius 2 is 1.65 bits per heavy atom. The summed E-state index contributed by atoms with van der Waals surface area (Å²) in [5.41, 5.74) is 5.21. The van der Waals surface area contributed by atoms with Crippen LogP contribution in [0.15, 0.2) is 66.9 Å². The fourth-order valence-corrected chi connectivity index (χ4v) is 4.17. The number of carboxylic acids is 1. The Morgan fingerprint density at radius 1 is 1.00 bits per heavy atom. The number of ether oxygens (including phenoxy) is 1. The van der Waals surface area contributed by atoms with Crippen molar-refractivity contribution < 1.29 is 24.2 Å². The molecular formula is C26H27N3O5. The number of aliphatic carboxylic acids is 1. The van der Waals surface area contributed by atoms with Gasteiger partial charge in [-0.2, -0.15) is 0 Å². The van der Waals surface area contributed by atoms with Crippen LogP contribution >= 0.6 is 0 Å². The number of carbonyl (C=O) groups is 3. The van der Waals surface area contributed by atoms with Crippen molar-refractivity contribution in [1.82, 2.24) is 15.6 Å². The highest BCUT2D eigenvalue weighted by Crippen LogP contribution is 2.44. The van der Waals surface area contributed by atoms with Crippen LogP contribution in [0.2, 0.25) is 0 Å². The summed E-state index contributed by atoms with van der Waals surface area (Å²) in [6, 6.07) is 18.8. The number of rotatable bonds is 9. The molecule has 0 spiro atoms. The average Bonchev–Trinajstić information content (AvgIpc) is 3.46. The molecule has 2 aromatic carbocycles. The Bertz CT molecular complexity index is 1130. The Morgan fingerprint density at radius 3 is 2.24 bits per heavy atom. The van der Waals surface area contributed by atoms with E-state index in [9.17, 15) is 14.4 Å². The summed E-state index contributed by atoms with van der Waals surface area (Å²) in [7, 11) is 0. The second kappa shape index (κ2) is 10.2. The van der Waals surface area contributed by atoms with Crippen LogP contribution in [0, 0.1) is 5.92 Å². The van der Waals surface area contributed by atoms with Gasteiger partial charge >= 0.3 is 12.1 Å². The van der Waals surface area contributed by atoms with E-state index in [1.165, 1.54) is 6.92 Å². The summed E-state index contributed by atoms with van der Waals surface area (Å²) in [4.78, 5) is 39.5. The normalized spacial score (nSPS) is 13.9. The monoisotopic (exact) mass is 461 g/mol. The van der Waals surface area contributed by atoms with Crippen molar-refractivity contribution in [2.24, 2.45) is 5.92 Å². The van der Waals surface area contributed by atoms with E-state index in [0.717, 1.165) is 27.9 Å². The molecule has 1 aliphatic rings. The van der Waals surface area contributed by atoms with Crippen LogP contribution in [-0.4, -0.2) is 47.3 Å². The number of amides is 2. The van der Waals surface area contributed by atoms with Gasteiger partial charge in [-0.25, -0.2) is 4.79 Å². The lowest BCUT2D eigenvalue weighted by Gasteiger charge is -2.20. The second-order valence-corrected chi connectivity index (χ2v) is 8.41. The van der Waals surface area contributed by atoms with E-state index in [4.69, 9.17) is 9.84 Å². The van der Waals surface area contributed by atoms with Gasteiger partial charge < -0.3 is 25.5 Å². The largest absolute Gasteiger partial charge is 0.481 e. The van der Waals surface area contributed by atoms with Crippen LogP contribution in [-0.2, 0) is 20.7 Å². The second-order valence-electron chi connectivity index (χ2n) is 8.41. The number of fused-ring (bicyclic) bond motifs is 3. The molecule has 0 bridgehead atoms. The van der Waals surface area contributed by atoms with Gasteiger partial charge in [0, 0.05) is 30.8 Å². The maximum Gasteiger partial charge on any atom is 0.407 e. The first kappa shape index (κ1) is 23.1. The van der Waals surface area contributed by atoms with Crippen LogP contribution < -0.4 is 10.6 Å². The predicted molar refractivity (Wildman–Crippen MR) is 126 cm³/mol. The van der Waals surface area contributed by atoms with Crippen molar-refractivity contribution >= 4 is 18.0 Å². The highest BCUT2D eigenvalue weighted by Gasteiger charge is 2.30. The molecule has 8 nitrogen and oxygen atoms in total. The molecule has 2 amide bonds. The molecule has 34 heavy (non-hydrogen) atoms. The molecule has 0 fully saturated rings. The third-order valence-electron chi connectivity index (χ3n) is 6.04. The summed E-state index contributed by atoms with van der Waals surface area (Å²) in [6.45, 7) is 1.59. The maximum absolute atomic E-state index is 12.7. The number of carbonyl (C=O) groups excluding carboxylic acids is 2. The van der Waals surface area contributed by atoms with Crippen LogP contribution in [0.3, 0.4) is 0 Å². The van der Waals surface area contributed by atoms with Crippen molar-refractivity contribution in [3.63, 3.8) is 0 Å². The first-order valence-electron chi connectivity index (χ1n) is 11.2. The van der Waals surface area contributed by atoms with Crippen molar-refractivity contribution in [1.29, 1.82) is 0 Å². The highest BCUT2D eigenvalue weighted by atomic mass is 16.5. The van der Waals surface area contributed by atoms with Crippen LogP contribution in [0.4, 0.5) is 4.79 Å². The highest BCUT2D eigenvalue weighted by molar-refractivity contribution is 5.86. The lowest BCUT2D eigenvalue weighted by molar-refractivity contribution is -0.141. The molecule has 0 aliphatic heterocycles. The Hall–Kier alpha value is -4.07. The molecule has 0 saturated carbocycles. The van der Waals surface area contributed by atoms with E-state index in [2.05, 4.69) is 27.8 Å². The molecule has 1 aromatic heterocycles. The quantitative estimate of drug-likeness (QED) is 0.390. The number of nitrogens with one attached hydrogen (secondary N) is 3.